The van der Waals surface area contributed by atoms with Crippen LogP contribution in [0.4, 0.5) is 5.69 Å². The zero-order valence-electron chi connectivity index (χ0n) is 29.1. The first-order valence-electron chi connectivity index (χ1n) is 16.3. The van der Waals surface area contributed by atoms with Crippen LogP contribution in [-0.2, 0) is 14.4 Å². The predicted octanol–water partition coefficient (Wildman–Crippen LogP) is 7.40. The molecule has 4 aromatic rings. The minimum absolute atomic E-state index is 0.0566. The van der Waals surface area contributed by atoms with Crippen LogP contribution in [0.3, 0.4) is 0 Å². The Balaban J connectivity index is 1.47. The lowest BCUT2D eigenvalue weighted by atomic mass is 9.99. The second-order valence-corrected chi connectivity index (χ2v) is 12.5. The van der Waals surface area contributed by atoms with Gasteiger partial charge in [-0.15, -0.1) is 0 Å². The molecule has 0 atom stereocenters. The van der Waals surface area contributed by atoms with E-state index in [-0.39, 0.29) is 33.8 Å². The van der Waals surface area contributed by atoms with Crippen LogP contribution in [0, 0.1) is 24.0 Å². The molecule has 11 nitrogen and oxygen atoms in total. The van der Waals surface area contributed by atoms with E-state index >= 15 is 0 Å². The molecule has 1 aliphatic heterocycles. The van der Waals surface area contributed by atoms with E-state index < -0.39 is 22.8 Å². The van der Waals surface area contributed by atoms with Crippen molar-refractivity contribution in [2.75, 3.05) is 12.9 Å². The van der Waals surface area contributed by atoms with Gasteiger partial charge in [0.1, 0.15) is 11.3 Å². The normalized spacial score (nSPS) is 14.2. The van der Waals surface area contributed by atoms with Gasteiger partial charge in [0.15, 0.2) is 5.17 Å². The molecule has 264 valence electrons. The first-order valence-corrected chi connectivity index (χ1v) is 17.2. The van der Waals surface area contributed by atoms with Gasteiger partial charge in [-0.05, 0) is 61.7 Å². The second-order valence-electron chi connectivity index (χ2n) is 11.6. The lowest BCUT2D eigenvalue weighted by Crippen LogP contribution is -2.42. The number of nitro benzene ring substituents is 1. The number of amidine groups is 1. The molecule has 0 aliphatic carbocycles. The zero-order chi connectivity index (χ0) is 37.4. The van der Waals surface area contributed by atoms with Gasteiger partial charge in [-0.3, -0.25) is 29.4 Å². The molecule has 5 rings (SSSR count). The summed E-state index contributed by atoms with van der Waals surface area (Å²) in [7, 11) is 1.43. The number of aryl methyl sites for hydroxylation is 1. The van der Waals surface area contributed by atoms with Crippen molar-refractivity contribution in [3.63, 3.8) is 0 Å². The van der Waals surface area contributed by atoms with E-state index in [4.69, 9.17) is 4.74 Å². The van der Waals surface area contributed by atoms with Crippen molar-refractivity contribution in [2.45, 2.75) is 26.8 Å². The first kappa shape index (κ1) is 37.0. The molecule has 0 radical (unpaired) electrons. The largest absolute Gasteiger partial charge is 0.494 e. The van der Waals surface area contributed by atoms with E-state index in [0.29, 0.717) is 22.6 Å². The standard InChI is InChI=1S/C40H37N5O6S/c1-6-8-19-31(7-2)44-39(48)33(23-30-22-26(3)43(27(30)4)34-21-20-32(45(49)50)24-35(34)51-5)38(47)42-40(44)52-25-36(46)41-37(28-15-11-9-12-16-28)29-17-13-10-14-18-29/h6-24,37H,1,25H2,2-5H3,(H,41,46)/b19-8-,31-7+,33-23+. The van der Waals surface area contributed by atoms with E-state index in [1.54, 1.807) is 50.3 Å². The van der Waals surface area contributed by atoms with Gasteiger partial charge in [0.2, 0.25) is 5.91 Å². The molecule has 0 spiro atoms. The molecule has 0 saturated carbocycles. The van der Waals surface area contributed by atoms with Crippen molar-refractivity contribution in [1.29, 1.82) is 0 Å². The molecule has 12 heteroatoms. The number of nitro groups is 1. The van der Waals surface area contributed by atoms with E-state index in [2.05, 4.69) is 16.9 Å². The number of ether oxygens (including phenoxy) is 1. The average molecular weight is 716 g/mol. The molecule has 2 heterocycles. The van der Waals surface area contributed by atoms with Gasteiger partial charge in [0, 0.05) is 23.2 Å². The van der Waals surface area contributed by atoms with Crippen LogP contribution in [0.1, 0.15) is 41.0 Å². The van der Waals surface area contributed by atoms with E-state index in [9.17, 15) is 24.5 Å². The number of carbonyl (C=O) groups is 3. The van der Waals surface area contributed by atoms with Gasteiger partial charge in [-0.2, -0.15) is 4.99 Å². The number of nitrogens with one attached hydrogen (secondary N) is 1. The summed E-state index contributed by atoms with van der Waals surface area (Å²) >= 11 is 0.982. The predicted molar refractivity (Wildman–Crippen MR) is 204 cm³/mol. The molecule has 0 fully saturated rings. The number of aliphatic imine (C=N–C) groups is 1. The van der Waals surface area contributed by atoms with Gasteiger partial charge in [0.05, 0.1) is 35.6 Å². The van der Waals surface area contributed by atoms with Crippen LogP contribution in [0.15, 0.2) is 132 Å². The highest BCUT2D eigenvalue weighted by atomic mass is 32.2. The SMILES string of the molecule is C=C/C=C\C(=C/C)N1C(=O)/C(=C/c2cc(C)n(-c3ccc([N+](=O)[O-])cc3OC)c2C)C(=O)N=C1SCC(=O)NC(c1ccccc1)c1ccccc1. The summed E-state index contributed by atoms with van der Waals surface area (Å²) in [5.74, 6) is -1.52. The Labute approximate surface area is 305 Å². The number of non-ortho nitro benzene ring substituents is 1. The molecular formula is C40H37N5O6S. The fourth-order valence-electron chi connectivity index (χ4n) is 5.82. The topological polar surface area (TPSA) is 136 Å². The second kappa shape index (κ2) is 16.6. The van der Waals surface area contributed by atoms with E-state index in [0.717, 1.165) is 28.6 Å². The monoisotopic (exact) mass is 715 g/mol. The van der Waals surface area contributed by atoms with Gasteiger partial charge < -0.3 is 14.6 Å². The smallest absolute Gasteiger partial charge is 0.285 e. The fourth-order valence-corrected chi connectivity index (χ4v) is 6.63. The molecule has 3 amide bonds. The highest BCUT2D eigenvalue weighted by molar-refractivity contribution is 8.14. The van der Waals surface area contributed by atoms with Crippen molar-refractivity contribution in [2.24, 2.45) is 4.99 Å². The number of hydrogen-bond acceptors (Lipinski definition) is 7. The van der Waals surface area contributed by atoms with Crippen LogP contribution in [-0.4, -0.2) is 50.1 Å². The summed E-state index contributed by atoms with van der Waals surface area (Å²) in [5, 5.41) is 14.5. The van der Waals surface area contributed by atoms with Crippen LogP contribution in [0.5, 0.6) is 5.75 Å². The van der Waals surface area contributed by atoms with Crippen molar-refractivity contribution >= 4 is 46.4 Å². The number of allylic oxidation sites excluding steroid dienone is 4. The minimum atomic E-state index is -0.753. The van der Waals surface area contributed by atoms with Crippen molar-refractivity contribution in [1.82, 2.24) is 14.8 Å². The van der Waals surface area contributed by atoms with Crippen LogP contribution < -0.4 is 10.1 Å². The lowest BCUT2D eigenvalue weighted by molar-refractivity contribution is -0.384. The summed E-state index contributed by atoms with van der Waals surface area (Å²) in [6.07, 6.45) is 8.08. The van der Waals surface area contributed by atoms with Gasteiger partial charge in [-0.1, -0.05) is 97.2 Å². The molecule has 52 heavy (non-hydrogen) atoms. The number of carbonyl (C=O) groups excluding carboxylic acids is 3. The Kier molecular flexibility index (Phi) is 11.8. The van der Waals surface area contributed by atoms with E-state index in [1.807, 2.05) is 72.2 Å². The summed E-state index contributed by atoms with van der Waals surface area (Å²) < 4.78 is 7.30. The maximum absolute atomic E-state index is 14.2. The molecule has 1 N–H and O–H groups in total. The molecule has 0 bridgehead atoms. The van der Waals surface area contributed by atoms with Crippen LogP contribution in [0.2, 0.25) is 0 Å². The molecule has 0 saturated heterocycles. The molecule has 1 aromatic heterocycles. The van der Waals surface area contributed by atoms with Crippen molar-refractivity contribution in [3.8, 4) is 11.4 Å². The first-order chi connectivity index (χ1) is 25.1. The summed E-state index contributed by atoms with van der Waals surface area (Å²) in [4.78, 5) is 57.8. The van der Waals surface area contributed by atoms with Gasteiger partial charge in [-0.25, -0.2) is 0 Å². The number of nitrogens with zero attached hydrogens (tertiary/aromatic N) is 4. The molecule has 3 aromatic carbocycles. The average Bonchev–Trinajstić information content (AvgIpc) is 3.43. The Bertz CT molecular complexity index is 2110. The van der Waals surface area contributed by atoms with Crippen molar-refractivity contribution < 1.29 is 24.0 Å². The Hall–Kier alpha value is -6.27. The quantitative estimate of drug-likeness (QED) is 0.0531. The highest BCUT2D eigenvalue weighted by Crippen LogP contribution is 2.33. The number of thioether (sulfide) groups is 1. The number of aromatic nitrogens is 1. The number of methoxy groups -OCH3 is 1. The number of benzene rings is 3. The Morgan fingerprint density at radius 1 is 1.04 bits per heavy atom. The lowest BCUT2D eigenvalue weighted by Gasteiger charge is -2.28. The van der Waals surface area contributed by atoms with Crippen molar-refractivity contribution in [3.05, 3.63) is 165 Å². The molecule has 0 unspecified atom stereocenters. The number of amides is 3. The third-order valence-electron chi connectivity index (χ3n) is 8.30. The van der Waals surface area contributed by atoms with Crippen LogP contribution >= 0.6 is 11.8 Å². The maximum Gasteiger partial charge on any atom is 0.285 e. The van der Waals surface area contributed by atoms with Crippen LogP contribution in [0.25, 0.3) is 11.8 Å². The Morgan fingerprint density at radius 3 is 2.27 bits per heavy atom. The Morgan fingerprint density at radius 2 is 1.69 bits per heavy atom. The fraction of sp³-hybridized carbons (Fsp3) is 0.150. The minimum Gasteiger partial charge on any atom is -0.494 e. The zero-order valence-corrected chi connectivity index (χ0v) is 29.9. The number of rotatable bonds is 12. The summed E-state index contributed by atoms with van der Waals surface area (Å²) in [6, 6.07) is 24.9. The van der Waals surface area contributed by atoms with E-state index in [1.165, 1.54) is 30.2 Å². The third-order valence-corrected chi connectivity index (χ3v) is 9.24. The molecule has 1 aliphatic rings. The van der Waals surface area contributed by atoms with Gasteiger partial charge in [0.25, 0.3) is 17.5 Å². The number of hydrogen-bond donors (Lipinski definition) is 1. The third kappa shape index (κ3) is 8.03. The summed E-state index contributed by atoms with van der Waals surface area (Å²) in [6.45, 7) is 9.12. The maximum atomic E-state index is 14.2. The highest BCUT2D eigenvalue weighted by Gasteiger charge is 2.35. The van der Waals surface area contributed by atoms with Gasteiger partial charge >= 0.3 is 0 Å². The molecular weight excluding hydrogens is 679 g/mol. The summed E-state index contributed by atoms with van der Waals surface area (Å²) in [5.41, 5.74) is 4.46.